The van der Waals surface area contributed by atoms with Crippen molar-refractivity contribution in [3.8, 4) is 0 Å². The van der Waals surface area contributed by atoms with Crippen LogP contribution in [0.3, 0.4) is 0 Å². The van der Waals surface area contributed by atoms with Gasteiger partial charge in [0.25, 0.3) is 0 Å². The topological polar surface area (TPSA) is 43.8 Å². The minimum absolute atomic E-state index is 0.111. The van der Waals surface area contributed by atoms with E-state index in [-0.39, 0.29) is 6.03 Å². The Morgan fingerprint density at radius 1 is 1.21 bits per heavy atom. The van der Waals surface area contributed by atoms with Crippen molar-refractivity contribution < 1.29 is 9.90 Å². The molecule has 0 spiro atoms. The summed E-state index contributed by atoms with van der Waals surface area (Å²) in [6.07, 6.45) is 2.94. The van der Waals surface area contributed by atoms with Gasteiger partial charge in [0.2, 0.25) is 0 Å². The molecular weight excluding hydrogens is 180 g/mol. The minimum Gasteiger partial charge on any atom is -0.388 e. The number of hydrogen-bond donors (Lipinski definition) is 1. The van der Waals surface area contributed by atoms with Crippen LogP contribution in [0.4, 0.5) is 4.79 Å². The number of nitrogens with zero attached hydrogens (tertiary/aromatic N) is 2. The highest BCUT2D eigenvalue weighted by atomic mass is 16.3. The van der Waals surface area contributed by atoms with Gasteiger partial charge in [0.1, 0.15) is 0 Å². The molecule has 0 aromatic rings. The SMILES string of the molecule is CC1(O)CCN(C(=O)N2CCCC2)C1. The zero-order valence-corrected chi connectivity index (χ0v) is 8.70. The van der Waals surface area contributed by atoms with E-state index < -0.39 is 5.60 Å². The molecule has 0 aromatic heterocycles. The lowest BCUT2D eigenvalue weighted by atomic mass is 10.1. The minimum atomic E-state index is -0.671. The molecule has 1 atom stereocenters. The smallest absolute Gasteiger partial charge is 0.320 e. The molecule has 0 aliphatic carbocycles. The van der Waals surface area contributed by atoms with Crippen molar-refractivity contribution in [1.29, 1.82) is 0 Å². The summed E-state index contributed by atoms with van der Waals surface area (Å²) < 4.78 is 0. The molecule has 80 valence electrons. The van der Waals surface area contributed by atoms with Crippen molar-refractivity contribution in [3.05, 3.63) is 0 Å². The van der Waals surface area contributed by atoms with E-state index >= 15 is 0 Å². The highest BCUT2D eigenvalue weighted by molar-refractivity contribution is 5.75. The lowest BCUT2D eigenvalue weighted by Crippen LogP contribution is -2.42. The molecule has 2 aliphatic rings. The highest BCUT2D eigenvalue weighted by Crippen LogP contribution is 2.22. The van der Waals surface area contributed by atoms with E-state index in [9.17, 15) is 9.90 Å². The Hall–Kier alpha value is -0.770. The molecule has 2 saturated heterocycles. The largest absolute Gasteiger partial charge is 0.388 e. The lowest BCUT2D eigenvalue weighted by molar-refractivity contribution is 0.0695. The lowest BCUT2D eigenvalue weighted by Gasteiger charge is -2.24. The number of carbonyl (C=O) groups is 1. The van der Waals surface area contributed by atoms with E-state index in [2.05, 4.69) is 0 Å². The summed E-state index contributed by atoms with van der Waals surface area (Å²) >= 11 is 0. The van der Waals surface area contributed by atoms with Crippen LogP contribution < -0.4 is 0 Å². The van der Waals surface area contributed by atoms with Gasteiger partial charge in [-0.15, -0.1) is 0 Å². The number of hydrogen-bond acceptors (Lipinski definition) is 2. The predicted octanol–water partition coefficient (Wildman–Crippen LogP) is 0.659. The quantitative estimate of drug-likeness (QED) is 0.621. The fraction of sp³-hybridized carbons (Fsp3) is 0.900. The second-order valence-corrected chi connectivity index (χ2v) is 4.65. The first-order valence-corrected chi connectivity index (χ1v) is 5.35. The van der Waals surface area contributed by atoms with Crippen molar-refractivity contribution >= 4 is 6.03 Å². The number of rotatable bonds is 0. The second-order valence-electron chi connectivity index (χ2n) is 4.65. The van der Waals surface area contributed by atoms with Crippen LogP contribution in [0.2, 0.25) is 0 Å². The molecule has 14 heavy (non-hydrogen) atoms. The fourth-order valence-corrected chi connectivity index (χ4v) is 2.22. The maximum atomic E-state index is 11.9. The second kappa shape index (κ2) is 3.42. The van der Waals surface area contributed by atoms with Crippen molar-refractivity contribution in [3.63, 3.8) is 0 Å². The first kappa shape index (κ1) is 9.77. The Bertz CT molecular complexity index is 234. The van der Waals surface area contributed by atoms with Gasteiger partial charge < -0.3 is 14.9 Å². The number of likely N-dealkylation sites (tertiary alicyclic amines) is 2. The van der Waals surface area contributed by atoms with E-state index in [1.54, 1.807) is 11.8 Å². The first-order chi connectivity index (χ1) is 6.58. The van der Waals surface area contributed by atoms with Gasteiger partial charge in [0.15, 0.2) is 0 Å². The van der Waals surface area contributed by atoms with Crippen LogP contribution in [0.15, 0.2) is 0 Å². The van der Waals surface area contributed by atoms with Crippen LogP contribution in [0.5, 0.6) is 0 Å². The molecule has 1 unspecified atom stereocenters. The van der Waals surface area contributed by atoms with Crippen LogP contribution in [0.1, 0.15) is 26.2 Å². The highest BCUT2D eigenvalue weighted by Gasteiger charge is 2.36. The first-order valence-electron chi connectivity index (χ1n) is 5.35. The average molecular weight is 198 g/mol. The zero-order chi connectivity index (χ0) is 10.2. The summed E-state index contributed by atoms with van der Waals surface area (Å²) in [5.41, 5.74) is -0.671. The van der Waals surface area contributed by atoms with E-state index in [4.69, 9.17) is 0 Å². The van der Waals surface area contributed by atoms with Gasteiger partial charge in [-0.3, -0.25) is 0 Å². The van der Waals surface area contributed by atoms with Gasteiger partial charge in [-0.2, -0.15) is 0 Å². The van der Waals surface area contributed by atoms with Crippen LogP contribution in [-0.2, 0) is 0 Å². The van der Waals surface area contributed by atoms with Crippen molar-refractivity contribution in [2.75, 3.05) is 26.2 Å². The van der Waals surface area contributed by atoms with Crippen molar-refractivity contribution in [2.24, 2.45) is 0 Å². The predicted molar refractivity (Wildman–Crippen MR) is 53.0 cm³/mol. The molecule has 1 N–H and O–H groups in total. The van der Waals surface area contributed by atoms with Crippen LogP contribution in [0, 0.1) is 0 Å². The number of aliphatic hydroxyl groups is 1. The summed E-state index contributed by atoms with van der Waals surface area (Å²) in [5.74, 6) is 0. The summed E-state index contributed by atoms with van der Waals surface area (Å²) in [6, 6.07) is 0.111. The van der Waals surface area contributed by atoms with E-state index in [0.717, 1.165) is 25.9 Å². The number of urea groups is 1. The fourth-order valence-electron chi connectivity index (χ4n) is 2.22. The zero-order valence-electron chi connectivity index (χ0n) is 8.70. The Morgan fingerprint density at radius 3 is 2.36 bits per heavy atom. The third-order valence-corrected chi connectivity index (χ3v) is 3.10. The summed E-state index contributed by atoms with van der Waals surface area (Å²) in [7, 11) is 0. The molecule has 2 fully saturated rings. The molecule has 0 bridgehead atoms. The number of carbonyl (C=O) groups excluding carboxylic acids is 1. The molecule has 4 heteroatoms. The molecule has 2 amide bonds. The van der Waals surface area contributed by atoms with E-state index in [1.807, 2.05) is 4.90 Å². The van der Waals surface area contributed by atoms with E-state index in [1.165, 1.54) is 0 Å². The molecular formula is C10H18N2O2. The third-order valence-electron chi connectivity index (χ3n) is 3.10. The summed E-state index contributed by atoms with van der Waals surface area (Å²) in [4.78, 5) is 15.5. The van der Waals surface area contributed by atoms with Crippen molar-refractivity contribution in [1.82, 2.24) is 9.80 Å². The number of β-amino-alcohol motifs (C(OH)–C–C–N with tert-alkyl or cyclic N) is 1. The Kier molecular flexibility index (Phi) is 2.39. The van der Waals surface area contributed by atoms with Gasteiger partial charge in [0.05, 0.1) is 12.1 Å². The average Bonchev–Trinajstić information content (AvgIpc) is 2.72. The van der Waals surface area contributed by atoms with Crippen LogP contribution in [-0.4, -0.2) is 52.7 Å². The normalized spacial score (nSPS) is 32.7. The molecule has 2 heterocycles. The van der Waals surface area contributed by atoms with E-state index in [0.29, 0.717) is 19.5 Å². The molecule has 0 saturated carbocycles. The van der Waals surface area contributed by atoms with Gasteiger partial charge >= 0.3 is 6.03 Å². The number of amides is 2. The third kappa shape index (κ3) is 1.85. The molecule has 4 nitrogen and oxygen atoms in total. The molecule has 0 aromatic carbocycles. The van der Waals surface area contributed by atoms with Crippen LogP contribution >= 0.6 is 0 Å². The van der Waals surface area contributed by atoms with Gasteiger partial charge in [-0.25, -0.2) is 4.79 Å². The molecule has 2 rings (SSSR count). The summed E-state index contributed by atoms with van der Waals surface area (Å²) in [5, 5.41) is 9.74. The van der Waals surface area contributed by atoms with Gasteiger partial charge in [-0.1, -0.05) is 0 Å². The van der Waals surface area contributed by atoms with Crippen molar-refractivity contribution in [2.45, 2.75) is 31.8 Å². The molecule has 0 radical (unpaired) electrons. The van der Waals surface area contributed by atoms with Gasteiger partial charge in [-0.05, 0) is 26.2 Å². The molecule has 2 aliphatic heterocycles. The maximum Gasteiger partial charge on any atom is 0.320 e. The Morgan fingerprint density at radius 2 is 1.86 bits per heavy atom. The maximum absolute atomic E-state index is 11.9. The standard InChI is InChI=1S/C10H18N2O2/c1-10(14)4-7-12(8-10)9(13)11-5-2-3-6-11/h14H,2-8H2,1H3. The Labute approximate surface area is 84.5 Å². The Balaban J connectivity index is 1.92. The summed E-state index contributed by atoms with van der Waals surface area (Å²) in [6.45, 7) is 4.75. The van der Waals surface area contributed by atoms with Crippen LogP contribution in [0.25, 0.3) is 0 Å². The van der Waals surface area contributed by atoms with Gasteiger partial charge in [0, 0.05) is 19.6 Å². The monoisotopic (exact) mass is 198 g/mol.